The molecule has 0 aromatic carbocycles. The van der Waals surface area contributed by atoms with E-state index in [0.717, 1.165) is 38.5 Å². The summed E-state index contributed by atoms with van der Waals surface area (Å²) in [4.78, 5) is 11.9. The lowest BCUT2D eigenvalue weighted by Gasteiger charge is -2.58. The first-order valence-electron chi connectivity index (χ1n) is 8.83. The molecule has 0 bridgehead atoms. The molecule has 0 aliphatic heterocycles. The van der Waals surface area contributed by atoms with E-state index in [-0.39, 0.29) is 10.8 Å². The van der Waals surface area contributed by atoms with Gasteiger partial charge in [0.1, 0.15) is 0 Å². The van der Waals surface area contributed by atoms with Crippen LogP contribution < -0.4 is 0 Å². The molecule has 0 amide bonds. The second kappa shape index (κ2) is 4.97. The number of rotatable bonds is 2. The van der Waals surface area contributed by atoms with Gasteiger partial charge in [-0.15, -0.1) is 6.58 Å². The van der Waals surface area contributed by atoms with E-state index in [9.17, 15) is 9.90 Å². The van der Waals surface area contributed by atoms with Gasteiger partial charge in [-0.05, 0) is 68.1 Å². The second-order valence-electron chi connectivity index (χ2n) is 8.75. The summed E-state index contributed by atoms with van der Waals surface area (Å²) in [5, 5.41) is 9.84. The average molecular weight is 302 g/mol. The van der Waals surface area contributed by atoms with Crippen LogP contribution in [0.5, 0.6) is 0 Å². The fourth-order valence-electron chi connectivity index (χ4n) is 5.87. The molecule has 2 fully saturated rings. The smallest absolute Gasteiger partial charge is 0.309 e. The van der Waals surface area contributed by atoms with Crippen molar-refractivity contribution in [3.8, 4) is 0 Å². The van der Waals surface area contributed by atoms with Crippen LogP contribution in [0.25, 0.3) is 0 Å². The molecule has 22 heavy (non-hydrogen) atoms. The lowest BCUT2D eigenvalue weighted by Crippen LogP contribution is -2.52. The number of fused-ring (bicyclic) bond motifs is 3. The van der Waals surface area contributed by atoms with Gasteiger partial charge >= 0.3 is 5.97 Å². The molecule has 3 aliphatic carbocycles. The Kier molecular flexibility index (Phi) is 3.58. The SMILES string of the molecule is C=C[C@]1(C)CC=C2[C@H](CC[C@@H]3[C@@](C)(C(=O)O)CCC[C@]23C)C1. The van der Waals surface area contributed by atoms with Crippen LogP contribution in [0.15, 0.2) is 24.3 Å². The third-order valence-electron chi connectivity index (χ3n) is 7.32. The van der Waals surface area contributed by atoms with E-state index in [1.165, 1.54) is 6.42 Å². The maximum Gasteiger partial charge on any atom is 0.309 e. The summed E-state index contributed by atoms with van der Waals surface area (Å²) in [6, 6.07) is 0. The van der Waals surface area contributed by atoms with Gasteiger partial charge in [0.2, 0.25) is 0 Å². The molecular formula is C20H30O2. The minimum Gasteiger partial charge on any atom is -0.481 e. The van der Waals surface area contributed by atoms with E-state index in [1.807, 2.05) is 6.92 Å². The summed E-state index contributed by atoms with van der Waals surface area (Å²) in [6.07, 6.45) is 12.1. The average Bonchev–Trinajstić information content (AvgIpc) is 2.46. The first-order valence-corrected chi connectivity index (χ1v) is 8.83. The van der Waals surface area contributed by atoms with Gasteiger partial charge in [0.25, 0.3) is 0 Å². The summed E-state index contributed by atoms with van der Waals surface area (Å²) >= 11 is 0. The highest BCUT2D eigenvalue weighted by atomic mass is 16.4. The summed E-state index contributed by atoms with van der Waals surface area (Å²) in [7, 11) is 0. The van der Waals surface area contributed by atoms with Gasteiger partial charge in [0.15, 0.2) is 0 Å². The summed E-state index contributed by atoms with van der Waals surface area (Å²) in [6.45, 7) is 10.7. The van der Waals surface area contributed by atoms with Crippen molar-refractivity contribution in [2.24, 2.45) is 28.1 Å². The second-order valence-corrected chi connectivity index (χ2v) is 8.75. The fourth-order valence-corrected chi connectivity index (χ4v) is 5.87. The number of hydrogen-bond donors (Lipinski definition) is 1. The minimum atomic E-state index is -0.589. The zero-order valence-corrected chi connectivity index (χ0v) is 14.3. The van der Waals surface area contributed by atoms with E-state index in [4.69, 9.17) is 0 Å². The number of carbonyl (C=O) groups is 1. The van der Waals surface area contributed by atoms with E-state index in [0.29, 0.717) is 11.8 Å². The lowest BCUT2D eigenvalue weighted by molar-refractivity contribution is -0.160. The van der Waals surface area contributed by atoms with Crippen LogP contribution in [0.2, 0.25) is 0 Å². The Balaban J connectivity index is 1.99. The van der Waals surface area contributed by atoms with Crippen molar-refractivity contribution in [2.45, 2.75) is 65.7 Å². The Morgan fingerprint density at radius 1 is 1.32 bits per heavy atom. The molecule has 0 unspecified atom stereocenters. The summed E-state index contributed by atoms with van der Waals surface area (Å²) in [5.41, 5.74) is 1.35. The highest BCUT2D eigenvalue weighted by Gasteiger charge is 2.57. The standard InChI is InChI=1S/C20H30O2/c1-5-18(2)12-9-15-14(13-18)7-8-16-19(15,3)10-6-11-20(16,4)17(21)22/h5,9,14,16H,1,6-8,10-13H2,2-4H3,(H,21,22)/t14-,16+,18-,19-,20+/m1/s1. The Morgan fingerprint density at radius 3 is 2.68 bits per heavy atom. The number of aliphatic carboxylic acids is 1. The maximum absolute atomic E-state index is 11.9. The van der Waals surface area contributed by atoms with Crippen molar-refractivity contribution in [1.29, 1.82) is 0 Å². The topological polar surface area (TPSA) is 37.3 Å². The van der Waals surface area contributed by atoms with Gasteiger partial charge in [-0.1, -0.05) is 38.0 Å². The molecule has 0 aromatic heterocycles. The van der Waals surface area contributed by atoms with Crippen LogP contribution in [0.4, 0.5) is 0 Å². The van der Waals surface area contributed by atoms with Gasteiger partial charge < -0.3 is 5.11 Å². The molecule has 0 spiro atoms. The molecule has 0 radical (unpaired) electrons. The van der Waals surface area contributed by atoms with E-state index in [1.54, 1.807) is 5.57 Å². The Morgan fingerprint density at radius 2 is 2.05 bits per heavy atom. The molecule has 3 rings (SSSR count). The van der Waals surface area contributed by atoms with Crippen molar-refractivity contribution in [3.05, 3.63) is 24.3 Å². The third-order valence-corrected chi connectivity index (χ3v) is 7.32. The van der Waals surface area contributed by atoms with Crippen molar-refractivity contribution < 1.29 is 9.90 Å². The third kappa shape index (κ3) is 2.10. The highest BCUT2D eigenvalue weighted by molar-refractivity contribution is 5.75. The predicted molar refractivity (Wildman–Crippen MR) is 89.5 cm³/mol. The van der Waals surface area contributed by atoms with Crippen molar-refractivity contribution in [1.82, 2.24) is 0 Å². The monoisotopic (exact) mass is 302 g/mol. The van der Waals surface area contributed by atoms with Crippen molar-refractivity contribution in [2.75, 3.05) is 0 Å². The van der Waals surface area contributed by atoms with Crippen molar-refractivity contribution >= 4 is 5.97 Å². The fraction of sp³-hybridized carbons (Fsp3) is 0.750. The van der Waals surface area contributed by atoms with Crippen LogP contribution in [0.3, 0.4) is 0 Å². The number of allylic oxidation sites excluding steroid dienone is 3. The first-order chi connectivity index (χ1) is 10.3. The molecule has 1 N–H and O–H groups in total. The number of hydrogen-bond acceptors (Lipinski definition) is 1. The van der Waals surface area contributed by atoms with Gasteiger partial charge in [0.05, 0.1) is 5.41 Å². The Hall–Kier alpha value is -1.05. The zero-order chi connectivity index (χ0) is 16.2. The molecule has 3 aliphatic rings. The predicted octanol–water partition coefficient (Wildman–Crippen LogP) is 5.21. The van der Waals surface area contributed by atoms with Crippen LogP contribution >= 0.6 is 0 Å². The molecular weight excluding hydrogens is 272 g/mol. The van der Waals surface area contributed by atoms with Crippen LogP contribution in [-0.4, -0.2) is 11.1 Å². The van der Waals surface area contributed by atoms with E-state index >= 15 is 0 Å². The van der Waals surface area contributed by atoms with Gasteiger partial charge in [0, 0.05) is 0 Å². The maximum atomic E-state index is 11.9. The van der Waals surface area contributed by atoms with Crippen LogP contribution in [-0.2, 0) is 4.79 Å². The lowest BCUT2D eigenvalue weighted by atomic mass is 9.46. The molecule has 122 valence electrons. The van der Waals surface area contributed by atoms with E-state index < -0.39 is 11.4 Å². The van der Waals surface area contributed by atoms with E-state index in [2.05, 4.69) is 32.6 Å². The molecule has 2 saturated carbocycles. The molecule has 2 heteroatoms. The summed E-state index contributed by atoms with van der Waals surface area (Å²) in [5.74, 6) is 0.338. The normalized spacial score (nSPS) is 47.9. The molecule has 0 aromatic rings. The number of carboxylic acid groups (broad SMARTS) is 1. The molecule has 2 nitrogen and oxygen atoms in total. The summed E-state index contributed by atoms with van der Waals surface area (Å²) < 4.78 is 0. The molecule has 0 heterocycles. The quantitative estimate of drug-likeness (QED) is 0.711. The largest absolute Gasteiger partial charge is 0.481 e. The van der Waals surface area contributed by atoms with Crippen LogP contribution in [0.1, 0.15) is 65.7 Å². The van der Waals surface area contributed by atoms with Crippen LogP contribution in [0, 0.1) is 28.1 Å². The van der Waals surface area contributed by atoms with Gasteiger partial charge in [-0.2, -0.15) is 0 Å². The van der Waals surface area contributed by atoms with Crippen molar-refractivity contribution in [3.63, 3.8) is 0 Å². The Bertz CT molecular complexity index is 534. The zero-order valence-electron chi connectivity index (χ0n) is 14.3. The minimum absolute atomic E-state index is 0.0941. The molecule has 0 saturated heterocycles. The number of carboxylic acids is 1. The molecule has 5 atom stereocenters. The van der Waals surface area contributed by atoms with Gasteiger partial charge in [-0.25, -0.2) is 0 Å². The van der Waals surface area contributed by atoms with Gasteiger partial charge in [-0.3, -0.25) is 4.79 Å². The Labute approximate surface area is 134 Å². The first kappa shape index (κ1) is 15.8. The highest BCUT2D eigenvalue weighted by Crippen LogP contribution is 2.63.